The lowest BCUT2D eigenvalue weighted by Gasteiger charge is -2.17. The number of benzene rings is 3. The van der Waals surface area contributed by atoms with Crippen LogP contribution in [0.3, 0.4) is 0 Å². The van der Waals surface area contributed by atoms with Crippen molar-refractivity contribution in [2.45, 2.75) is 53.1 Å². The molecule has 1 aromatic heterocycles. The highest BCUT2D eigenvalue weighted by atomic mass is 16.5. The first-order chi connectivity index (χ1) is 16.4. The largest absolute Gasteiger partial charge is 0.494 e. The monoisotopic (exact) mass is 455 g/mol. The molecule has 3 aromatic carbocycles. The molecule has 1 unspecified atom stereocenters. The van der Waals surface area contributed by atoms with Gasteiger partial charge in [0.15, 0.2) is 0 Å². The highest BCUT2D eigenvalue weighted by Crippen LogP contribution is 2.22. The molecule has 0 fully saturated rings. The van der Waals surface area contributed by atoms with E-state index in [-0.39, 0.29) is 11.9 Å². The van der Waals surface area contributed by atoms with Crippen molar-refractivity contribution in [3.63, 3.8) is 0 Å². The van der Waals surface area contributed by atoms with Crippen LogP contribution in [0.4, 0.5) is 0 Å². The third kappa shape index (κ3) is 5.66. The number of para-hydroxylation sites is 2. The molecule has 176 valence electrons. The van der Waals surface area contributed by atoms with E-state index in [9.17, 15) is 4.79 Å². The number of ether oxygens (including phenoxy) is 1. The molecule has 0 bridgehead atoms. The van der Waals surface area contributed by atoms with Crippen LogP contribution in [0.25, 0.3) is 11.0 Å². The molecule has 0 aliphatic rings. The van der Waals surface area contributed by atoms with Gasteiger partial charge in [-0.25, -0.2) is 4.98 Å². The van der Waals surface area contributed by atoms with Crippen LogP contribution in [0.15, 0.2) is 66.7 Å². The van der Waals surface area contributed by atoms with Crippen LogP contribution in [0.1, 0.15) is 47.5 Å². The Morgan fingerprint density at radius 3 is 2.47 bits per heavy atom. The molecule has 0 aliphatic heterocycles. The van der Waals surface area contributed by atoms with E-state index in [1.807, 2.05) is 56.3 Å². The molecule has 1 atom stereocenters. The number of carbonyl (C=O) groups is 1. The van der Waals surface area contributed by atoms with Crippen molar-refractivity contribution < 1.29 is 9.53 Å². The topological polar surface area (TPSA) is 56.1 Å². The average Bonchev–Trinajstić information content (AvgIpc) is 3.16. The Kier molecular flexibility index (Phi) is 7.31. The highest BCUT2D eigenvalue weighted by Gasteiger charge is 2.18. The molecule has 1 N–H and O–H groups in total. The van der Waals surface area contributed by atoms with E-state index in [2.05, 4.69) is 48.0 Å². The Balaban J connectivity index is 1.44. The Morgan fingerprint density at radius 1 is 1.00 bits per heavy atom. The lowest BCUT2D eigenvalue weighted by molar-refractivity contribution is -0.121. The molecule has 4 rings (SSSR count). The second-order valence-electron chi connectivity index (χ2n) is 9.03. The zero-order valence-corrected chi connectivity index (χ0v) is 20.5. The fourth-order valence-electron chi connectivity index (χ4n) is 4.43. The summed E-state index contributed by atoms with van der Waals surface area (Å²) >= 11 is 0. The van der Waals surface area contributed by atoms with Crippen LogP contribution in [0.2, 0.25) is 0 Å². The number of fused-ring (bicyclic) bond motifs is 1. The van der Waals surface area contributed by atoms with E-state index < -0.39 is 0 Å². The molecule has 5 heteroatoms. The van der Waals surface area contributed by atoms with Crippen molar-refractivity contribution in [3.8, 4) is 5.75 Å². The summed E-state index contributed by atoms with van der Waals surface area (Å²) in [5.74, 6) is 1.77. The lowest BCUT2D eigenvalue weighted by atomic mass is 10.1. The van der Waals surface area contributed by atoms with Crippen LogP contribution >= 0.6 is 0 Å². The number of carbonyl (C=O) groups excluding carboxylic acids is 1. The highest BCUT2D eigenvalue weighted by molar-refractivity contribution is 5.80. The molecule has 0 spiro atoms. The third-order valence-corrected chi connectivity index (χ3v) is 6.05. The molecule has 0 aliphatic carbocycles. The van der Waals surface area contributed by atoms with Gasteiger partial charge in [0.25, 0.3) is 0 Å². The van der Waals surface area contributed by atoms with Gasteiger partial charge in [-0.1, -0.05) is 42.5 Å². The van der Waals surface area contributed by atoms with E-state index >= 15 is 0 Å². The molecule has 0 saturated carbocycles. The van der Waals surface area contributed by atoms with Gasteiger partial charge in [0.2, 0.25) is 5.91 Å². The predicted molar refractivity (Wildman–Crippen MR) is 137 cm³/mol. The fraction of sp³-hybridized carbons (Fsp3) is 0.310. The molecule has 0 saturated heterocycles. The van der Waals surface area contributed by atoms with Gasteiger partial charge in [0.1, 0.15) is 11.6 Å². The summed E-state index contributed by atoms with van der Waals surface area (Å²) in [6.07, 6.45) is 1.20. The van der Waals surface area contributed by atoms with Gasteiger partial charge in [0.05, 0.1) is 30.1 Å². The number of hydrogen-bond donors (Lipinski definition) is 1. The number of rotatable bonds is 9. The van der Waals surface area contributed by atoms with Gasteiger partial charge in [0, 0.05) is 6.54 Å². The van der Waals surface area contributed by atoms with Crippen molar-refractivity contribution >= 4 is 16.9 Å². The van der Waals surface area contributed by atoms with Gasteiger partial charge in [-0.05, 0) is 80.6 Å². The summed E-state index contributed by atoms with van der Waals surface area (Å²) < 4.78 is 8.22. The number of hydrogen-bond acceptors (Lipinski definition) is 3. The van der Waals surface area contributed by atoms with Gasteiger partial charge in [-0.3, -0.25) is 4.79 Å². The summed E-state index contributed by atoms with van der Waals surface area (Å²) in [5, 5.41) is 3.15. The maximum atomic E-state index is 12.8. The van der Waals surface area contributed by atoms with E-state index in [1.165, 1.54) is 11.1 Å². The van der Waals surface area contributed by atoms with E-state index in [0.29, 0.717) is 13.0 Å². The van der Waals surface area contributed by atoms with Crippen molar-refractivity contribution in [1.29, 1.82) is 0 Å². The Morgan fingerprint density at radius 2 is 1.71 bits per heavy atom. The van der Waals surface area contributed by atoms with Crippen molar-refractivity contribution in [3.05, 3.63) is 94.8 Å². The van der Waals surface area contributed by atoms with Gasteiger partial charge >= 0.3 is 0 Å². The molecular weight excluding hydrogens is 422 g/mol. The molecule has 34 heavy (non-hydrogen) atoms. The van der Waals surface area contributed by atoms with E-state index in [0.717, 1.165) is 46.7 Å². The van der Waals surface area contributed by atoms with Crippen LogP contribution < -0.4 is 10.1 Å². The maximum Gasteiger partial charge on any atom is 0.225 e. The molecule has 1 amide bonds. The van der Waals surface area contributed by atoms with Crippen LogP contribution in [0.5, 0.6) is 5.75 Å². The summed E-state index contributed by atoms with van der Waals surface area (Å²) in [4.78, 5) is 17.6. The minimum atomic E-state index is -0.204. The number of nitrogens with one attached hydrogen (secondary N) is 1. The minimum Gasteiger partial charge on any atom is -0.494 e. The third-order valence-electron chi connectivity index (χ3n) is 6.05. The Bertz CT molecular complexity index is 1270. The standard InChI is InChI=1S/C29H33N3O2/c1-20-16-21(2)18-25(17-20)34-15-9-14-32-27-13-8-7-12-26(27)31-29(32)23(4)30-28(33)19-24-11-6-5-10-22(24)3/h5-8,10-13,16-18,23H,9,14-15,19H2,1-4H3,(H,30,33). The maximum absolute atomic E-state index is 12.8. The summed E-state index contributed by atoms with van der Waals surface area (Å²) in [7, 11) is 0. The SMILES string of the molecule is Cc1cc(C)cc(OCCCn2c(C(C)NC(=O)Cc3ccccc3C)nc3ccccc32)c1. The second kappa shape index (κ2) is 10.6. The van der Waals surface area contributed by atoms with E-state index in [4.69, 9.17) is 9.72 Å². The molecule has 0 radical (unpaired) electrons. The van der Waals surface area contributed by atoms with Crippen molar-refractivity contribution in [1.82, 2.24) is 14.9 Å². The molecular formula is C29H33N3O2. The first-order valence-corrected chi connectivity index (χ1v) is 11.9. The normalized spacial score (nSPS) is 12.0. The van der Waals surface area contributed by atoms with Gasteiger partial charge in [-0.15, -0.1) is 0 Å². The quantitative estimate of drug-likeness (QED) is 0.322. The van der Waals surface area contributed by atoms with Crippen LogP contribution in [-0.4, -0.2) is 22.1 Å². The van der Waals surface area contributed by atoms with E-state index in [1.54, 1.807) is 0 Å². The fourth-order valence-corrected chi connectivity index (χ4v) is 4.43. The zero-order chi connectivity index (χ0) is 24.1. The number of aromatic nitrogens is 2. The first-order valence-electron chi connectivity index (χ1n) is 11.9. The van der Waals surface area contributed by atoms with Crippen molar-refractivity contribution in [2.75, 3.05) is 6.61 Å². The van der Waals surface area contributed by atoms with Crippen molar-refractivity contribution in [2.24, 2.45) is 0 Å². The lowest BCUT2D eigenvalue weighted by Crippen LogP contribution is -2.30. The molecule has 1 heterocycles. The van der Waals surface area contributed by atoms with Crippen LogP contribution in [-0.2, 0) is 17.8 Å². The summed E-state index contributed by atoms with van der Waals surface area (Å²) in [6.45, 7) is 9.57. The number of aryl methyl sites for hydroxylation is 4. The van der Waals surface area contributed by atoms with Gasteiger partial charge < -0.3 is 14.6 Å². The smallest absolute Gasteiger partial charge is 0.225 e. The summed E-state index contributed by atoms with van der Waals surface area (Å²) in [6, 6.07) is 22.2. The predicted octanol–water partition coefficient (Wildman–Crippen LogP) is 5.85. The minimum absolute atomic E-state index is 0.00134. The Hall–Kier alpha value is -3.60. The van der Waals surface area contributed by atoms with Gasteiger partial charge in [-0.2, -0.15) is 0 Å². The molecule has 5 nitrogen and oxygen atoms in total. The molecule has 4 aromatic rings. The number of nitrogens with zero attached hydrogens (tertiary/aromatic N) is 2. The first kappa shape index (κ1) is 23.6. The average molecular weight is 456 g/mol. The number of imidazole rings is 1. The Labute approximate surface area is 201 Å². The zero-order valence-electron chi connectivity index (χ0n) is 20.5. The summed E-state index contributed by atoms with van der Waals surface area (Å²) in [5.41, 5.74) is 6.59. The number of amides is 1. The van der Waals surface area contributed by atoms with Crippen LogP contribution in [0, 0.1) is 20.8 Å². The second-order valence-corrected chi connectivity index (χ2v) is 9.03.